The highest BCUT2D eigenvalue weighted by Gasteiger charge is 2.19. The third-order valence-electron chi connectivity index (χ3n) is 3.18. The predicted molar refractivity (Wildman–Crippen MR) is 79.4 cm³/mol. The van der Waals surface area contributed by atoms with Gasteiger partial charge in [0.05, 0.1) is 10.0 Å². The number of halogens is 3. The van der Waals surface area contributed by atoms with E-state index in [1.165, 1.54) is 0 Å². The van der Waals surface area contributed by atoms with E-state index >= 15 is 0 Å². The molecular formula is C13H11BrClFN4. The molecule has 104 valence electrons. The second kappa shape index (κ2) is 5.61. The van der Waals surface area contributed by atoms with Gasteiger partial charge in [-0.2, -0.15) is 15.0 Å². The second-order valence-electron chi connectivity index (χ2n) is 4.52. The van der Waals surface area contributed by atoms with E-state index in [0.29, 0.717) is 16.0 Å². The van der Waals surface area contributed by atoms with E-state index in [9.17, 15) is 4.39 Å². The zero-order chi connectivity index (χ0) is 14.1. The van der Waals surface area contributed by atoms with Gasteiger partial charge in [-0.3, -0.25) is 0 Å². The summed E-state index contributed by atoms with van der Waals surface area (Å²) in [6, 6.07) is 4.98. The van der Waals surface area contributed by atoms with Gasteiger partial charge in [0.1, 0.15) is 5.82 Å². The van der Waals surface area contributed by atoms with Crippen molar-refractivity contribution in [3.8, 4) is 11.4 Å². The van der Waals surface area contributed by atoms with Crippen LogP contribution in [0.4, 0.5) is 10.3 Å². The summed E-state index contributed by atoms with van der Waals surface area (Å²) in [6.45, 7) is 1.78. The monoisotopic (exact) mass is 356 g/mol. The Labute approximate surface area is 129 Å². The quantitative estimate of drug-likeness (QED) is 0.822. The van der Waals surface area contributed by atoms with Gasteiger partial charge in [0, 0.05) is 13.1 Å². The summed E-state index contributed by atoms with van der Waals surface area (Å²) >= 11 is 9.10. The Hall–Kier alpha value is -1.27. The van der Waals surface area contributed by atoms with Crippen LogP contribution in [0.1, 0.15) is 12.8 Å². The van der Waals surface area contributed by atoms with Gasteiger partial charge in [-0.25, -0.2) is 4.39 Å². The van der Waals surface area contributed by atoms with E-state index in [1.807, 2.05) is 4.90 Å². The molecule has 1 saturated heterocycles. The molecule has 1 fully saturated rings. The van der Waals surface area contributed by atoms with Crippen molar-refractivity contribution in [1.82, 2.24) is 15.0 Å². The van der Waals surface area contributed by atoms with Crippen molar-refractivity contribution in [2.45, 2.75) is 12.8 Å². The molecule has 0 amide bonds. The first-order valence-corrected chi connectivity index (χ1v) is 7.43. The lowest BCUT2D eigenvalue weighted by Crippen LogP contribution is -2.21. The topological polar surface area (TPSA) is 41.9 Å². The van der Waals surface area contributed by atoms with Gasteiger partial charge < -0.3 is 4.90 Å². The fourth-order valence-corrected chi connectivity index (χ4v) is 2.72. The summed E-state index contributed by atoms with van der Waals surface area (Å²) in [5.41, 5.74) is 0.309. The van der Waals surface area contributed by atoms with E-state index in [-0.39, 0.29) is 11.1 Å². The van der Waals surface area contributed by atoms with Crippen LogP contribution in [-0.4, -0.2) is 28.0 Å². The van der Waals surface area contributed by atoms with Crippen molar-refractivity contribution in [3.05, 3.63) is 33.8 Å². The van der Waals surface area contributed by atoms with Crippen LogP contribution in [0.3, 0.4) is 0 Å². The molecule has 0 bridgehead atoms. The Morgan fingerprint density at radius 3 is 2.65 bits per heavy atom. The zero-order valence-corrected chi connectivity index (χ0v) is 12.8. The molecule has 2 aromatic rings. The number of rotatable bonds is 2. The molecule has 1 aromatic heterocycles. The molecule has 0 N–H and O–H groups in total. The molecule has 0 atom stereocenters. The average molecular weight is 358 g/mol. The lowest BCUT2D eigenvalue weighted by molar-refractivity contribution is 0.623. The maximum absolute atomic E-state index is 14.1. The Balaban J connectivity index is 2.07. The largest absolute Gasteiger partial charge is 0.341 e. The van der Waals surface area contributed by atoms with Crippen LogP contribution in [-0.2, 0) is 0 Å². The minimum Gasteiger partial charge on any atom is -0.341 e. The Morgan fingerprint density at radius 2 is 1.90 bits per heavy atom. The molecule has 2 heterocycles. The summed E-state index contributed by atoms with van der Waals surface area (Å²) in [4.78, 5) is 14.5. The smallest absolute Gasteiger partial charge is 0.230 e. The Morgan fingerprint density at radius 1 is 1.15 bits per heavy atom. The first kappa shape index (κ1) is 13.7. The molecule has 0 aliphatic carbocycles. The normalized spacial score (nSPS) is 14.8. The van der Waals surface area contributed by atoms with Crippen LogP contribution in [0, 0.1) is 5.82 Å². The lowest BCUT2D eigenvalue weighted by Gasteiger charge is -2.15. The lowest BCUT2D eigenvalue weighted by atomic mass is 10.2. The third kappa shape index (κ3) is 2.62. The van der Waals surface area contributed by atoms with Crippen LogP contribution in [0.5, 0.6) is 0 Å². The molecule has 0 radical (unpaired) electrons. The highest BCUT2D eigenvalue weighted by atomic mass is 79.9. The fraction of sp³-hybridized carbons (Fsp3) is 0.308. The maximum atomic E-state index is 14.1. The first-order chi connectivity index (χ1) is 9.65. The zero-order valence-electron chi connectivity index (χ0n) is 10.5. The van der Waals surface area contributed by atoms with E-state index < -0.39 is 5.82 Å². The second-order valence-corrected chi connectivity index (χ2v) is 5.72. The van der Waals surface area contributed by atoms with E-state index in [2.05, 4.69) is 30.9 Å². The number of benzene rings is 1. The van der Waals surface area contributed by atoms with Gasteiger partial charge in [0.25, 0.3) is 0 Å². The number of aromatic nitrogens is 3. The van der Waals surface area contributed by atoms with Crippen LogP contribution >= 0.6 is 27.5 Å². The first-order valence-electron chi connectivity index (χ1n) is 6.26. The molecule has 1 aromatic carbocycles. The van der Waals surface area contributed by atoms with Crippen molar-refractivity contribution < 1.29 is 4.39 Å². The molecule has 1 aliphatic rings. The molecule has 1 aliphatic heterocycles. The van der Waals surface area contributed by atoms with E-state index in [4.69, 9.17) is 11.6 Å². The van der Waals surface area contributed by atoms with Crippen molar-refractivity contribution in [3.63, 3.8) is 0 Å². The summed E-state index contributed by atoms with van der Waals surface area (Å²) in [7, 11) is 0. The Bertz CT molecular complexity index is 646. The Kier molecular flexibility index (Phi) is 3.85. The van der Waals surface area contributed by atoms with Gasteiger partial charge in [-0.15, -0.1) is 0 Å². The summed E-state index contributed by atoms with van der Waals surface area (Å²) in [6.07, 6.45) is 2.20. The number of nitrogens with zero attached hydrogens (tertiary/aromatic N) is 4. The van der Waals surface area contributed by atoms with Gasteiger partial charge in [-0.05, 0) is 52.5 Å². The molecule has 3 rings (SSSR count). The number of hydrogen-bond acceptors (Lipinski definition) is 4. The minimum absolute atomic E-state index is 0.0799. The predicted octanol–water partition coefficient (Wildman–Crippen LogP) is 3.69. The average Bonchev–Trinajstić information content (AvgIpc) is 2.95. The SMILES string of the molecule is Fc1c(Br)cccc1-c1nc(Cl)nc(N2CCCC2)n1. The fourth-order valence-electron chi connectivity index (χ4n) is 2.20. The highest BCUT2D eigenvalue weighted by Crippen LogP contribution is 2.27. The van der Waals surface area contributed by atoms with Crippen LogP contribution in [0.2, 0.25) is 5.28 Å². The number of hydrogen-bond donors (Lipinski definition) is 0. The molecule has 0 saturated carbocycles. The molecule has 0 unspecified atom stereocenters. The van der Waals surface area contributed by atoms with Gasteiger partial charge >= 0.3 is 0 Å². The minimum atomic E-state index is -0.401. The van der Waals surface area contributed by atoms with Gasteiger partial charge in [-0.1, -0.05) is 6.07 Å². The van der Waals surface area contributed by atoms with Crippen molar-refractivity contribution in [2.75, 3.05) is 18.0 Å². The van der Waals surface area contributed by atoms with Crippen LogP contribution in [0.15, 0.2) is 22.7 Å². The maximum Gasteiger partial charge on any atom is 0.230 e. The molecule has 4 nitrogen and oxygen atoms in total. The van der Waals surface area contributed by atoms with E-state index in [0.717, 1.165) is 25.9 Å². The summed E-state index contributed by atoms with van der Waals surface area (Å²) in [5.74, 6) is 0.365. The van der Waals surface area contributed by atoms with Crippen molar-refractivity contribution >= 4 is 33.5 Å². The highest BCUT2D eigenvalue weighted by molar-refractivity contribution is 9.10. The van der Waals surface area contributed by atoms with Crippen molar-refractivity contribution in [2.24, 2.45) is 0 Å². The molecular weight excluding hydrogens is 347 g/mol. The summed E-state index contributed by atoms with van der Waals surface area (Å²) < 4.78 is 14.5. The standard InChI is InChI=1S/C13H11BrClFN4/c14-9-5-3-4-8(10(9)16)11-17-12(15)19-13(18-11)20-6-1-2-7-20/h3-5H,1-2,6-7H2. The third-order valence-corrected chi connectivity index (χ3v) is 3.96. The molecule has 7 heteroatoms. The van der Waals surface area contributed by atoms with Crippen molar-refractivity contribution in [1.29, 1.82) is 0 Å². The van der Waals surface area contributed by atoms with Gasteiger partial charge in [0.15, 0.2) is 5.82 Å². The number of anilines is 1. The van der Waals surface area contributed by atoms with E-state index in [1.54, 1.807) is 18.2 Å². The molecule has 0 spiro atoms. The summed E-state index contributed by atoms with van der Waals surface area (Å²) in [5, 5.41) is 0.0799. The van der Waals surface area contributed by atoms with Gasteiger partial charge in [0.2, 0.25) is 11.2 Å². The van der Waals surface area contributed by atoms with Crippen LogP contribution in [0.25, 0.3) is 11.4 Å². The molecule has 20 heavy (non-hydrogen) atoms. The van der Waals surface area contributed by atoms with Crippen LogP contribution < -0.4 is 4.90 Å².